The van der Waals surface area contributed by atoms with E-state index in [1.54, 1.807) is 11.4 Å². The molecule has 2 aromatic rings. The fourth-order valence-corrected chi connectivity index (χ4v) is 2.93. The van der Waals surface area contributed by atoms with Gasteiger partial charge in [-0.3, -0.25) is 9.59 Å². The SMILES string of the molecule is COC(=O)c1sccc1NC(=O)c1csc(NC(C)=O)n1. The van der Waals surface area contributed by atoms with Gasteiger partial charge in [0.15, 0.2) is 5.13 Å². The normalized spacial score (nSPS) is 10.0. The first-order valence-corrected chi connectivity index (χ1v) is 7.47. The van der Waals surface area contributed by atoms with Gasteiger partial charge in [-0.05, 0) is 11.4 Å². The first-order valence-electron chi connectivity index (χ1n) is 5.71. The summed E-state index contributed by atoms with van der Waals surface area (Å²) in [7, 11) is 1.27. The second-order valence-corrected chi connectivity index (χ2v) is 5.60. The maximum Gasteiger partial charge on any atom is 0.350 e. The minimum absolute atomic E-state index is 0.158. The van der Waals surface area contributed by atoms with Crippen molar-refractivity contribution in [1.29, 1.82) is 0 Å². The highest BCUT2D eigenvalue weighted by molar-refractivity contribution is 7.14. The molecule has 0 bridgehead atoms. The number of ether oxygens (including phenoxy) is 1. The maximum absolute atomic E-state index is 12.0. The number of esters is 1. The van der Waals surface area contributed by atoms with Gasteiger partial charge in [-0.1, -0.05) is 0 Å². The number of hydrogen-bond donors (Lipinski definition) is 2. The van der Waals surface area contributed by atoms with Gasteiger partial charge in [-0.2, -0.15) is 0 Å². The molecule has 2 aromatic heterocycles. The number of nitrogens with zero attached hydrogens (tertiary/aromatic N) is 1. The minimum atomic E-state index is -0.516. The highest BCUT2D eigenvalue weighted by Gasteiger charge is 2.18. The Morgan fingerprint density at radius 2 is 2.00 bits per heavy atom. The Morgan fingerprint density at radius 1 is 1.24 bits per heavy atom. The summed E-state index contributed by atoms with van der Waals surface area (Å²) in [5, 5.41) is 8.61. The number of methoxy groups -OCH3 is 1. The fourth-order valence-electron chi connectivity index (χ4n) is 1.43. The number of carbonyl (C=O) groups excluding carboxylic acids is 3. The number of anilines is 2. The molecule has 7 nitrogen and oxygen atoms in total. The second kappa shape index (κ2) is 6.46. The number of amides is 2. The van der Waals surface area contributed by atoms with Crippen molar-refractivity contribution in [2.75, 3.05) is 17.7 Å². The van der Waals surface area contributed by atoms with Crippen molar-refractivity contribution in [1.82, 2.24) is 4.98 Å². The van der Waals surface area contributed by atoms with Crippen molar-refractivity contribution in [3.63, 3.8) is 0 Å². The molecule has 0 unspecified atom stereocenters. The Kier molecular flexibility index (Phi) is 4.66. The van der Waals surface area contributed by atoms with E-state index < -0.39 is 11.9 Å². The number of rotatable bonds is 4. The zero-order chi connectivity index (χ0) is 15.4. The van der Waals surface area contributed by atoms with E-state index in [0.29, 0.717) is 15.7 Å². The molecule has 0 spiro atoms. The summed E-state index contributed by atoms with van der Waals surface area (Å²) < 4.78 is 4.63. The molecule has 2 heterocycles. The van der Waals surface area contributed by atoms with Gasteiger partial charge in [0.2, 0.25) is 5.91 Å². The van der Waals surface area contributed by atoms with Gasteiger partial charge in [-0.25, -0.2) is 9.78 Å². The van der Waals surface area contributed by atoms with Crippen LogP contribution in [0, 0.1) is 0 Å². The monoisotopic (exact) mass is 325 g/mol. The quantitative estimate of drug-likeness (QED) is 0.840. The van der Waals surface area contributed by atoms with Crippen LogP contribution in [0.1, 0.15) is 27.1 Å². The van der Waals surface area contributed by atoms with Crippen LogP contribution in [0.5, 0.6) is 0 Å². The zero-order valence-electron chi connectivity index (χ0n) is 11.1. The second-order valence-electron chi connectivity index (χ2n) is 3.83. The summed E-state index contributed by atoms with van der Waals surface area (Å²) in [4.78, 5) is 38.8. The number of thiophene rings is 1. The third-order valence-corrected chi connectivity index (χ3v) is 3.96. The lowest BCUT2D eigenvalue weighted by Gasteiger charge is -2.03. The predicted molar refractivity (Wildman–Crippen MR) is 80.0 cm³/mol. The topological polar surface area (TPSA) is 97.4 Å². The molecule has 2 rings (SSSR count). The molecule has 0 aliphatic heterocycles. The number of aromatic nitrogens is 1. The molecular formula is C12H11N3O4S2. The number of hydrogen-bond acceptors (Lipinski definition) is 7. The molecule has 0 aromatic carbocycles. The molecule has 9 heteroatoms. The van der Waals surface area contributed by atoms with E-state index in [1.165, 1.54) is 30.8 Å². The van der Waals surface area contributed by atoms with Crippen molar-refractivity contribution in [2.45, 2.75) is 6.92 Å². The van der Waals surface area contributed by atoms with Gasteiger partial charge in [-0.15, -0.1) is 22.7 Å². The Morgan fingerprint density at radius 3 is 2.67 bits per heavy atom. The van der Waals surface area contributed by atoms with Crippen molar-refractivity contribution < 1.29 is 19.1 Å². The van der Waals surface area contributed by atoms with E-state index in [-0.39, 0.29) is 11.6 Å². The Hall–Kier alpha value is -2.26. The molecule has 0 aliphatic rings. The van der Waals surface area contributed by atoms with Crippen LogP contribution in [0.4, 0.5) is 10.8 Å². The minimum Gasteiger partial charge on any atom is -0.465 e. The smallest absolute Gasteiger partial charge is 0.350 e. The average molecular weight is 325 g/mol. The molecular weight excluding hydrogens is 314 g/mol. The average Bonchev–Trinajstić information content (AvgIpc) is 3.06. The standard InChI is InChI=1S/C12H11N3O4S2/c1-6(16)13-12-15-8(5-21-12)10(17)14-7-3-4-20-9(7)11(18)19-2/h3-5H,1-2H3,(H,14,17)(H,13,15,16). The molecule has 0 saturated heterocycles. The molecule has 0 aliphatic carbocycles. The first-order chi connectivity index (χ1) is 10.0. The van der Waals surface area contributed by atoms with Crippen LogP contribution >= 0.6 is 22.7 Å². The van der Waals surface area contributed by atoms with Crippen LogP contribution in [0.25, 0.3) is 0 Å². The fraction of sp³-hybridized carbons (Fsp3) is 0.167. The van der Waals surface area contributed by atoms with Crippen LogP contribution in [-0.2, 0) is 9.53 Å². The van der Waals surface area contributed by atoms with Gasteiger partial charge in [0.05, 0.1) is 12.8 Å². The third-order valence-electron chi connectivity index (χ3n) is 2.30. The highest BCUT2D eigenvalue weighted by atomic mass is 32.1. The molecule has 110 valence electrons. The van der Waals surface area contributed by atoms with Gasteiger partial charge < -0.3 is 15.4 Å². The highest BCUT2D eigenvalue weighted by Crippen LogP contribution is 2.24. The van der Waals surface area contributed by atoms with E-state index >= 15 is 0 Å². The number of thiazole rings is 1. The Labute approximate surface area is 128 Å². The molecule has 21 heavy (non-hydrogen) atoms. The van der Waals surface area contributed by atoms with E-state index in [9.17, 15) is 14.4 Å². The molecule has 2 N–H and O–H groups in total. The van der Waals surface area contributed by atoms with Gasteiger partial charge in [0, 0.05) is 12.3 Å². The van der Waals surface area contributed by atoms with E-state index in [1.807, 2.05) is 0 Å². The summed E-state index contributed by atoms with van der Waals surface area (Å²) in [5.74, 6) is -1.24. The van der Waals surface area contributed by atoms with Crippen molar-refractivity contribution >= 4 is 51.3 Å². The lowest BCUT2D eigenvalue weighted by Crippen LogP contribution is -2.14. The van der Waals surface area contributed by atoms with Crippen LogP contribution in [0.3, 0.4) is 0 Å². The summed E-state index contributed by atoms with van der Waals surface area (Å²) in [6.07, 6.45) is 0. The van der Waals surface area contributed by atoms with Crippen molar-refractivity contribution in [2.24, 2.45) is 0 Å². The van der Waals surface area contributed by atoms with Crippen molar-refractivity contribution in [3.8, 4) is 0 Å². The van der Waals surface area contributed by atoms with E-state index in [2.05, 4.69) is 20.4 Å². The largest absolute Gasteiger partial charge is 0.465 e. The van der Waals surface area contributed by atoms with Crippen LogP contribution in [-0.4, -0.2) is 29.9 Å². The lowest BCUT2D eigenvalue weighted by atomic mass is 10.3. The summed E-state index contributed by atoms with van der Waals surface area (Å²) in [6, 6.07) is 1.61. The van der Waals surface area contributed by atoms with Gasteiger partial charge in [0.25, 0.3) is 5.91 Å². The zero-order valence-corrected chi connectivity index (χ0v) is 12.8. The first kappa shape index (κ1) is 15.1. The molecule has 0 saturated carbocycles. The Balaban J connectivity index is 2.11. The molecule has 2 amide bonds. The van der Waals surface area contributed by atoms with Crippen molar-refractivity contribution in [3.05, 3.63) is 27.4 Å². The summed E-state index contributed by atoms with van der Waals surface area (Å²) >= 11 is 2.31. The predicted octanol–water partition coefficient (Wildman–Crippen LogP) is 2.20. The van der Waals surface area contributed by atoms with Crippen LogP contribution in [0.2, 0.25) is 0 Å². The third kappa shape index (κ3) is 3.64. The van der Waals surface area contributed by atoms with E-state index in [0.717, 1.165) is 11.3 Å². The van der Waals surface area contributed by atoms with E-state index in [4.69, 9.17) is 0 Å². The number of carbonyl (C=O) groups is 3. The maximum atomic E-state index is 12.0. The Bertz CT molecular complexity index is 692. The van der Waals surface area contributed by atoms with Gasteiger partial charge in [0.1, 0.15) is 10.6 Å². The number of nitrogens with one attached hydrogen (secondary N) is 2. The molecule has 0 fully saturated rings. The van der Waals surface area contributed by atoms with Gasteiger partial charge >= 0.3 is 5.97 Å². The summed E-state index contributed by atoms with van der Waals surface area (Å²) in [6.45, 7) is 1.36. The van der Waals surface area contributed by atoms with Crippen LogP contribution in [0.15, 0.2) is 16.8 Å². The molecule has 0 atom stereocenters. The summed E-state index contributed by atoms with van der Waals surface area (Å²) in [5.41, 5.74) is 0.525. The van der Waals surface area contributed by atoms with Crippen LogP contribution < -0.4 is 10.6 Å². The molecule has 0 radical (unpaired) electrons. The lowest BCUT2D eigenvalue weighted by molar-refractivity contribution is -0.114.